The number of pyridine rings is 1. The normalized spacial score (nSPS) is 16.9. The van der Waals surface area contributed by atoms with Gasteiger partial charge in [-0.3, -0.25) is 9.78 Å². The molecule has 130 valence electrons. The Labute approximate surface area is 143 Å². The minimum Gasteiger partial charge on any atom is -0.297 e. The molecule has 0 spiro atoms. The van der Waals surface area contributed by atoms with E-state index in [-0.39, 0.29) is 16.6 Å². The second kappa shape index (κ2) is 7.86. The van der Waals surface area contributed by atoms with Crippen LogP contribution in [0.25, 0.3) is 0 Å². The smallest absolute Gasteiger partial charge is 0.244 e. The highest BCUT2D eigenvalue weighted by Crippen LogP contribution is 2.30. The van der Waals surface area contributed by atoms with Gasteiger partial charge in [-0.15, -0.1) is 0 Å². The molecule has 6 nitrogen and oxygen atoms in total. The highest BCUT2D eigenvalue weighted by atomic mass is 32.2. The lowest BCUT2D eigenvalue weighted by Gasteiger charge is -2.18. The summed E-state index contributed by atoms with van der Waals surface area (Å²) in [7, 11) is -3.58. The van der Waals surface area contributed by atoms with Gasteiger partial charge in [-0.1, -0.05) is 26.7 Å². The number of hydrogen-bond donors (Lipinski definition) is 0. The molecule has 1 aliphatic rings. The Morgan fingerprint density at radius 3 is 2.42 bits per heavy atom. The number of sulfonamides is 1. The first-order valence-electron chi connectivity index (χ1n) is 8.35. The maximum atomic E-state index is 12.5. The summed E-state index contributed by atoms with van der Waals surface area (Å²) >= 11 is 0. The van der Waals surface area contributed by atoms with Crippen molar-refractivity contribution >= 4 is 15.8 Å². The third kappa shape index (κ3) is 3.65. The van der Waals surface area contributed by atoms with Crippen molar-refractivity contribution in [3.8, 4) is 6.07 Å². The van der Waals surface area contributed by atoms with Gasteiger partial charge in [-0.25, -0.2) is 8.42 Å². The predicted octanol–water partition coefficient (Wildman–Crippen LogP) is 2.48. The summed E-state index contributed by atoms with van der Waals surface area (Å²) in [5, 5.41) is 9.37. The van der Waals surface area contributed by atoms with E-state index >= 15 is 0 Å². The third-order valence-electron chi connectivity index (χ3n) is 4.57. The molecule has 24 heavy (non-hydrogen) atoms. The first-order valence-corrected chi connectivity index (χ1v) is 9.79. The van der Waals surface area contributed by atoms with Gasteiger partial charge in [-0.2, -0.15) is 9.57 Å². The lowest BCUT2D eigenvalue weighted by atomic mass is 9.90. The minimum absolute atomic E-state index is 0.0736. The maximum Gasteiger partial charge on any atom is 0.244 e. The fourth-order valence-electron chi connectivity index (χ4n) is 3.15. The quantitative estimate of drug-likeness (QED) is 0.754. The Hall–Kier alpha value is -1.78. The van der Waals surface area contributed by atoms with Crippen molar-refractivity contribution in [2.24, 2.45) is 5.92 Å². The van der Waals surface area contributed by atoms with Gasteiger partial charge in [0.1, 0.15) is 10.8 Å². The van der Waals surface area contributed by atoms with Crippen LogP contribution in [-0.4, -0.2) is 36.6 Å². The molecule has 0 bridgehead atoms. The summed E-state index contributed by atoms with van der Waals surface area (Å²) < 4.78 is 26.2. The zero-order valence-corrected chi connectivity index (χ0v) is 14.9. The molecule has 7 heteroatoms. The molecule has 0 saturated heterocycles. The Balaban J connectivity index is 2.24. The lowest BCUT2D eigenvalue weighted by molar-refractivity contribution is -0.123. The molecule has 0 unspecified atom stereocenters. The summed E-state index contributed by atoms with van der Waals surface area (Å²) in [6, 6.07) is 4.94. The number of carbonyl (C=O) groups is 1. The summed E-state index contributed by atoms with van der Waals surface area (Å²) in [4.78, 5) is 16.7. The van der Waals surface area contributed by atoms with E-state index < -0.39 is 15.9 Å². The highest BCUT2D eigenvalue weighted by Gasteiger charge is 2.31. The van der Waals surface area contributed by atoms with Gasteiger partial charge < -0.3 is 0 Å². The van der Waals surface area contributed by atoms with Crippen molar-refractivity contribution in [3.63, 3.8) is 0 Å². The number of Topliss-reactive ketones (excluding diaryl/α,β-unsaturated/α-hetero) is 1. The van der Waals surface area contributed by atoms with E-state index in [0.29, 0.717) is 18.8 Å². The Morgan fingerprint density at radius 1 is 1.33 bits per heavy atom. The zero-order valence-electron chi connectivity index (χ0n) is 14.1. The Morgan fingerprint density at radius 2 is 1.96 bits per heavy atom. The minimum atomic E-state index is -3.58. The van der Waals surface area contributed by atoms with Crippen LogP contribution in [0.1, 0.15) is 51.1 Å². The number of carbonyl (C=O) groups excluding carboxylic acids is 1. The van der Waals surface area contributed by atoms with Crippen LogP contribution in [0.5, 0.6) is 0 Å². The maximum absolute atomic E-state index is 12.5. The highest BCUT2D eigenvalue weighted by molar-refractivity contribution is 7.89. The first-order chi connectivity index (χ1) is 11.5. The molecule has 2 rings (SSSR count). The third-order valence-corrected chi connectivity index (χ3v) is 6.60. The van der Waals surface area contributed by atoms with E-state index in [4.69, 9.17) is 0 Å². The molecule has 0 aromatic carbocycles. The topological polar surface area (TPSA) is 91.1 Å². The average Bonchev–Trinajstić information content (AvgIpc) is 3.11. The van der Waals surface area contributed by atoms with Gasteiger partial charge in [0.05, 0.1) is 11.8 Å². The molecular weight excluding hydrogens is 326 g/mol. The number of nitriles is 1. The van der Waals surface area contributed by atoms with Gasteiger partial charge in [0.15, 0.2) is 5.78 Å². The van der Waals surface area contributed by atoms with Crippen molar-refractivity contribution in [2.45, 2.75) is 50.3 Å². The van der Waals surface area contributed by atoms with Gasteiger partial charge in [0, 0.05) is 25.2 Å². The average molecular weight is 349 g/mol. The van der Waals surface area contributed by atoms with E-state index in [1.165, 1.54) is 22.6 Å². The van der Waals surface area contributed by atoms with Crippen LogP contribution in [0.3, 0.4) is 0 Å². The summed E-state index contributed by atoms with van der Waals surface area (Å²) in [5.41, 5.74) is 0.327. The Bertz CT molecular complexity index is 712. The summed E-state index contributed by atoms with van der Waals surface area (Å²) in [5.74, 6) is -1.09. The van der Waals surface area contributed by atoms with Crippen molar-refractivity contribution < 1.29 is 13.2 Å². The Kier molecular flexibility index (Phi) is 6.08. The summed E-state index contributed by atoms with van der Waals surface area (Å²) in [6.45, 7) is 4.30. The first kappa shape index (κ1) is 18.6. The zero-order chi connectivity index (χ0) is 17.7. The van der Waals surface area contributed by atoms with Crippen molar-refractivity contribution in [3.05, 3.63) is 24.0 Å². The van der Waals surface area contributed by atoms with Crippen LogP contribution >= 0.6 is 0 Å². The van der Waals surface area contributed by atoms with E-state index in [2.05, 4.69) is 4.98 Å². The second-order valence-corrected chi connectivity index (χ2v) is 7.89. The van der Waals surface area contributed by atoms with Crippen molar-refractivity contribution in [2.75, 3.05) is 13.1 Å². The molecule has 0 amide bonds. The van der Waals surface area contributed by atoms with Crippen LogP contribution in [-0.2, 0) is 14.8 Å². The van der Waals surface area contributed by atoms with Crippen LogP contribution in [0.4, 0.5) is 0 Å². The molecule has 1 saturated carbocycles. The molecule has 1 aromatic rings. The molecule has 1 heterocycles. The van der Waals surface area contributed by atoms with Crippen LogP contribution < -0.4 is 0 Å². The van der Waals surface area contributed by atoms with Crippen LogP contribution in [0, 0.1) is 17.2 Å². The van der Waals surface area contributed by atoms with Gasteiger partial charge in [0.2, 0.25) is 10.0 Å². The van der Waals surface area contributed by atoms with Gasteiger partial charge in [-0.05, 0) is 25.0 Å². The standard InChI is InChI=1S/C17H23N3O3S/c1-3-20(4-2)24(22,23)14-9-10-16(19-12-14)15(11-18)17(21)13-7-5-6-8-13/h9-10,12-13,15H,3-8H2,1-2H3/t15-/m1/s1. The van der Waals surface area contributed by atoms with E-state index in [9.17, 15) is 18.5 Å². The molecule has 1 atom stereocenters. The number of rotatable bonds is 7. The second-order valence-electron chi connectivity index (χ2n) is 5.95. The van der Waals surface area contributed by atoms with Crippen molar-refractivity contribution in [1.82, 2.24) is 9.29 Å². The molecular formula is C17H23N3O3S. The largest absolute Gasteiger partial charge is 0.297 e. The number of aromatic nitrogens is 1. The molecule has 1 fully saturated rings. The van der Waals surface area contributed by atoms with E-state index in [1.807, 2.05) is 6.07 Å². The van der Waals surface area contributed by atoms with Crippen LogP contribution in [0.15, 0.2) is 23.2 Å². The summed E-state index contributed by atoms with van der Waals surface area (Å²) in [6.07, 6.45) is 4.93. The number of nitrogens with zero attached hydrogens (tertiary/aromatic N) is 3. The molecule has 1 aliphatic carbocycles. The monoisotopic (exact) mass is 349 g/mol. The predicted molar refractivity (Wildman–Crippen MR) is 89.7 cm³/mol. The molecule has 1 aromatic heterocycles. The lowest BCUT2D eigenvalue weighted by Crippen LogP contribution is -2.30. The fourth-order valence-corrected chi connectivity index (χ4v) is 4.55. The number of ketones is 1. The van der Waals surface area contributed by atoms with Crippen molar-refractivity contribution in [1.29, 1.82) is 5.26 Å². The molecule has 0 N–H and O–H groups in total. The van der Waals surface area contributed by atoms with E-state index in [0.717, 1.165) is 25.7 Å². The van der Waals surface area contributed by atoms with Gasteiger partial charge >= 0.3 is 0 Å². The van der Waals surface area contributed by atoms with Gasteiger partial charge in [0.25, 0.3) is 0 Å². The molecule has 0 radical (unpaired) electrons. The van der Waals surface area contributed by atoms with Crippen LogP contribution in [0.2, 0.25) is 0 Å². The molecule has 0 aliphatic heterocycles. The fraction of sp³-hybridized carbons (Fsp3) is 0.588. The number of hydrogen-bond acceptors (Lipinski definition) is 5. The van der Waals surface area contributed by atoms with E-state index in [1.54, 1.807) is 13.8 Å². The SMILES string of the molecule is CCN(CC)S(=O)(=O)c1ccc([C@@H](C#N)C(=O)C2CCCC2)nc1.